The zero-order chi connectivity index (χ0) is 18.9. The van der Waals surface area contributed by atoms with Crippen LogP contribution in [0, 0.1) is 5.92 Å². The summed E-state index contributed by atoms with van der Waals surface area (Å²) >= 11 is 0. The van der Waals surface area contributed by atoms with Gasteiger partial charge < -0.3 is 19.7 Å². The molecule has 1 aromatic carbocycles. The molecule has 0 spiro atoms. The largest absolute Gasteiger partial charge is 0.462 e. The van der Waals surface area contributed by atoms with Crippen molar-refractivity contribution in [3.63, 3.8) is 0 Å². The number of nitrogens with one attached hydrogen (secondary N) is 1. The van der Waals surface area contributed by atoms with Gasteiger partial charge in [0.2, 0.25) is 11.8 Å². The van der Waals surface area contributed by atoms with Gasteiger partial charge in [-0.05, 0) is 18.6 Å². The van der Waals surface area contributed by atoms with Gasteiger partial charge in [0.15, 0.2) is 0 Å². The van der Waals surface area contributed by atoms with Crippen molar-refractivity contribution in [1.82, 2.24) is 4.90 Å². The Balaban J connectivity index is 1.99. The first-order chi connectivity index (χ1) is 12.6. The van der Waals surface area contributed by atoms with Gasteiger partial charge in [-0.1, -0.05) is 25.5 Å². The molecule has 0 bridgehead atoms. The molecule has 1 saturated heterocycles. The van der Waals surface area contributed by atoms with Crippen LogP contribution in [-0.4, -0.2) is 56.1 Å². The van der Waals surface area contributed by atoms with Crippen LogP contribution in [0.2, 0.25) is 0 Å². The second-order valence-corrected chi connectivity index (χ2v) is 6.26. The Hall–Kier alpha value is -2.41. The first kappa shape index (κ1) is 19.9. The second kappa shape index (κ2) is 9.91. The van der Waals surface area contributed by atoms with Gasteiger partial charge in [0, 0.05) is 26.6 Å². The van der Waals surface area contributed by atoms with Crippen LogP contribution in [0.25, 0.3) is 0 Å². The van der Waals surface area contributed by atoms with Gasteiger partial charge in [-0.2, -0.15) is 0 Å². The first-order valence-electron chi connectivity index (χ1n) is 8.90. The third-order valence-electron chi connectivity index (χ3n) is 4.29. The van der Waals surface area contributed by atoms with Crippen molar-refractivity contribution in [2.24, 2.45) is 5.92 Å². The molecule has 1 atom stereocenters. The molecule has 142 valence electrons. The average molecular weight is 362 g/mol. The topological polar surface area (TPSA) is 84.9 Å². The zero-order valence-electron chi connectivity index (χ0n) is 15.3. The number of nitrogens with zero attached hydrogens (tertiary/aromatic N) is 1. The summed E-state index contributed by atoms with van der Waals surface area (Å²) < 4.78 is 10.2. The van der Waals surface area contributed by atoms with Crippen LogP contribution < -0.4 is 5.32 Å². The van der Waals surface area contributed by atoms with Crippen LogP contribution in [0.5, 0.6) is 0 Å². The van der Waals surface area contributed by atoms with Gasteiger partial charge >= 0.3 is 5.97 Å². The van der Waals surface area contributed by atoms with Gasteiger partial charge in [-0.15, -0.1) is 0 Å². The summed E-state index contributed by atoms with van der Waals surface area (Å²) in [6.45, 7) is 3.63. The van der Waals surface area contributed by atoms with Crippen LogP contribution in [0.4, 0.5) is 5.69 Å². The lowest BCUT2D eigenvalue weighted by Crippen LogP contribution is -2.31. The van der Waals surface area contributed by atoms with Gasteiger partial charge in [0.25, 0.3) is 0 Å². The number of ether oxygens (including phenoxy) is 2. The van der Waals surface area contributed by atoms with E-state index in [1.807, 2.05) is 6.92 Å². The van der Waals surface area contributed by atoms with Gasteiger partial charge in [0.1, 0.15) is 0 Å². The summed E-state index contributed by atoms with van der Waals surface area (Å²) in [4.78, 5) is 38.4. The normalized spacial score (nSPS) is 16.6. The molecule has 7 nitrogen and oxygen atoms in total. The van der Waals surface area contributed by atoms with Crippen molar-refractivity contribution in [1.29, 1.82) is 0 Å². The van der Waals surface area contributed by atoms with Crippen molar-refractivity contribution < 1.29 is 23.9 Å². The second-order valence-electron chi connectivity index (χ2n) is 6.26. The monoisotopic (exact) mass is 362 g/mol. The molecule has 2 amide bonds. The van der Waals surface area contributed by atoms with E-state index < -0.39 is 11.9 Å². The minimum atomic E-state index is -0.460. The number of amides is 2. The molecule has 2 rings (SSSR count). The standard InChI is InChI=1S/C19H26N2O5/c1-3-4-10-26-19(24)15-7-5-6-8-16(15)20-18(23)14-12-17(22)21(13-14)9-11-25-2/h5-8,14H,3-4,9-13H2,1-2H3,(H,20,23). The smallest absolute Gasteiger partial charge is 0.340 e. The third-order valence-corrected chi connectivity index (χ3v) is 4.29. The van der Waals surface area contributed by atoms with E-state index in [9.17, 15) is 14.4 Å². The van der Waals surface area contributed by atoms with E-state index in [0.29, 0.717) is 37.6 Å². The number of carbonyl (C=O) groups is 3. The number of hydrogen-bond acceptors (Lipinski definition) is 5. The molecule has 1 heterocycles. The Labute approximate surface area is 153 Å². The van der Waals surface area contributed by atoms with Crippen LogP contribution in [0.3, 0.4) is 0 Å². The maximum absolute atomic E-state index is 12.5. The van der Waals surface area contributed by atoms with E-state index >= 15 is 0 Å². The maximum atomic E-state index is 12.5. The number of hydrogen-bond donors (Lipinski definition) is 1. The Kier molecular flexibility index (Phi) is 7.59. The Morgan fingerprint density at radius 2 is 2.04 bits per heavy atom. The highest BCUT2D eigenvalue weighted by Crippen LogP contribution is 2.22. The number of anilines is 1. The van der Waals surface area contributed by atoms with E-state index in [2.05, 4.69) is 5.32 Å². The van der Waals surface area contributed by atoms with Crippen molar-refractivity contribution in [3.8, 4) is 0 Å². The molecule has 7 heteroatoms. The molecule has 0 aromatic heterocycles. The molecule has 0 radical (unpaired) electrons. The van der Waals surface area contributed by atoms with Crippen LogP contribution in [0.1, 0.15) is 36.5 Å². The van der Waals surface area contributed by atoms with Crippen molar-refractivity contribution in [2.75, 3.05) is 38.7 Å². The highest BCUT2D eigenvalue weighted by atomic mass is 16.5. The minimum absolute atomic E-state index is 0.0607. The number of benzene rings is 1. The van der Waals surface area contributed by atoms with Crippen molar-refractivity contribution in [2.45, 2.75) is 26.2 Å². The average Bonchev–Trinajstić information content (AvgIpc) is 3.01. The molecular weight excluding hydrogens is 336 g/mol. The quantitative estimate of drug-likeness (QED) is 0.537. The fourth-order valence-electron chi connectivity index (χ4n) is 2.76. The number of esters is 1. The molecule has 0 saturated carbocycles. The van der Waals surface area contributed by atoms with E-state index in [-0.39, 0.29) is 18.2 Å². The molecule has 26 heavy (non-hydrogen) atoms. The third kappa shape index (κ3) is 5.29. The molecule has 1 aliphatic rings. The number of unbranched alkanes of at least 4 members (excludes halogenated alkanes) is 1. The number of para-hydroxylation sites is 1. The van der Waals surface area contributed by atoms with Crippen LogP contribution >= 0.6 is 0 Å². The fourth-order valence-corrected chi connectivity index (χ4v) is 2.76. The van der Waals surface area contributed by atoms with E-state index in [4.69, 9.17) is 9.47 Å². The number of carbonyl (C=O) groups excluding carboxylic acids is 3. The van der Waals surface area contributed by atoms with E-state index in [0.717, 1.165) is 12.8 Å². The van der Waals surface area contributed by atoms with E-state index in [1.165, 1.54) is 0 Å². The summed E-state index contributed by atoms with van der Waals surface area (Å²) in [6.07, 6.45) is 1.89. The molecule has 1 unspecified atom stereocenters. The highest BCUT2D eigenvalue weighted by molar-refractivity contribution is 6.03. The SMILES string of the molecule is CCCCOC(=O)c1ccccc1NC(=O)C1CC(=O)N(CCOC)C1. The summed E-state index contributed by atoms with van der Waals surface area (Å²) in [5, 5.41) is 2.77. The number of likely N-dealkylation sites (tertiary alicyclic amines) is 1. The minimum Gasteiger partial charge on any atom is -0.462 e. The van der Waals surface area contributed by atoms with E-state index in [1.54, 1.807) is 36.3 Å². The van der Waals surface area contributed by atoms with Crippen LogP contribution in [0.15, 0.2) is 24.3 Å². The molecule has 1 aromatic rings. The Morgan fingerprint density at radius 3 is 2.77 bits per heavy atom. The van der Waals surface area contributed by atoms with Gasteiger partial charge in [0.05, 0.1) is 30.4 Å². The van der Waals surface area contributed by atoms with Gasteiger partial charge in [-0.3, -0.25) is 9.59 Å². The lowest BCUT2D eigenvalue weighted by Gasteiger charge is -2.16. The summed E-state index contributed by atoms with van der Waals surface area (Å²) in [7, 11) is 1.57. The zero-order valence-corrected chi connectivity index (χ0v) is 15.3. The van der Waals surface area contributed by atoms with Crippen molar-refractivity contribution >= 4 is 23.5 Å². The molecule has 1 aliphatic heterocycles. The van der Waals surface area contributed by atoms with Crippen molar-refractivity contribution in [3.05, 3.63) is 29.8 Å². The summed E-state index contributed by atoms with van der Waals surface area (Å²) in [5.41, 5.74) is 0.722. The number of rotatable bonds is 9. The summed E-state index contributed by atoms with van der Waals surface area (Å²) in [5.74, 6) is -1.23. The lowest BCUT2D eigenvalue weighted by molar-refractivity contribution is -0.128. The molecule has 0 aliphatic carbocycles. The molecular formula is C19H26N2O5. The van der Waals surface area contributed by atoms with Gasteiger partial charge in [-0.25, -0.2) is 4.79 Å². The Bertz CT molecular complexity index is 647. The fraction of sp³-hybridized carbons (Fsp3) is 0.526. The summed E-state index contributed by atoms with van der Waals surface area (Å²) in [6, 6.07) is 6.74. The maximum Gasteiger partial charge on any atom is 0.340 e. The van der Waals surface area contributed by atoms with Crippen LogP contribution in [-0.2, 0) is 19.1 Å². The molecule has 1 N–H and O–H groups in total. The molecule has 1 fully saturated rings. The predicted molar refractivity (Wildman–Crippen MR) is 96.8 cm³/mol. The lowest BCUT2D eigenvalue weighted by atomic mass is 10.1. The number of methoxy groups -OCH3 is 1. The highest BCUT2D eigenvalue weighted by Gasteiger charge is 2.34. The predicted octanol–water partition coefficient (Wildman–Crippen LogP) is 2.08. The first-order valence-corrected chi connectivity index (χ1v) is 8.90. The Morgan fingerprint density at radius 1 is 1.27 bits per heavy atom.